The summed E-state index contributed by atoms with van der Waals surface area (Å²) in [5.41, 5.74) is -0.238. The van der Waals surface area contributed by atoms with Crippen molar-refractivity contribution in [2.75, 3.05) is 19.0 Å². The normalized spacial score (nSPS) is 12.2. The van der Waals surface area contributed by atoms with Crippen LogP contribution in [0.4, 0.5) is 18.9 Å². The Labute approximate surface area is 195 Å². The van der Waals surface area contributed by atoms with Crippen LogP contribution in [-0.2, 0) is 11.0 Å². The highest BCUT2D eigenvalue weighted by atomic mass is 19.4. The Morgan fingerprint density at radius 3 is 2.47 bits per heavy atom. The van der Waals surface area contributed by atoms with Crippen molar-refractivity contribution in [1.82, 2.24) is 14.7 Å². The van der Waals surface area contributed by atoms with Crippen LogP contribution < -0.4 is 10.1 Å². The van der Waals surface area contributed by atoms with Gasteiger partial charge in [0.05, 0.1) is 24.6 Å². The van der Waals surface area contributed by atoms with Gasteiger partial charge in [0.2, 0.25) is 5.91 Å². The number of methoxy groups -OCH3 is 1. The third-order valence-corrected chi connectivity index (χ3v) is 5.15. The summed E-state index contributed by atoms with van der Waals surface area (Å²) in [4.78, 5) is 27.6. The summed E-state index contributed by atoms with van der Waals surface area (Å²) in [6.45, 7) is 3.73. The molecule has 2 amide bonds. The summed E-state index contributed by atoms with van der Waals surface area (Å²) in [7, 11) is 1.33. The minimum Gasteiger partial charge on any atom is -0.493 e. The molecule has 0 fully saturated rings. The molecule has 1 aromatic heterocycles. The molecule has 1 N–H and O–H groups in total. The van der Waals surface area contributed by atoms with Crippen LogP contribution in [0.2, 0.25) is 0 Å². The average Bonchev–Trinajstić information content (AvgIpc) is 3.26. The first kappa shape index (κ1) is 24.8. The smallest absolute Gasteiger partial charge is 0.416 e. The van der Waals surface area contributed by atoms with E-state index in [4.69, 9.17) is 4.74 Å². The number of amides is 2. The number of ether oxygens (including phenoxy) is 1. The maximum atomic E-state index is 13.4. The third-order valence-electron chi connectivity index (χ3n) is 5.15. The summed E-state index contributed by atoms with van der Waals surface area (Å²) < 4.78 is 45.8. The van der Waals surface area contributed by atoms with Crippen LogP contribution in [0.3, 0.4) is 0 Å². The zero-order valence-corrected chi connectivity index (χ0v) is 19.0. The highest BCUT2D eigenvalue weighted by molar-refractivity contribution is 6.01. The molecule has 0 aliphatic heterocycles. The van der Waals surface area contributed by atoms with Gasteiger partial charge in [-0.05, 0) is 43.7 Å². The molecule has 1 atom stereocenters. The molecule has 1 heterocycles. The molecular formula is C24H25F3N4O3. The lowest BCUT2D eigenvalue weighted by atomic mass is 10.2. The number of carbonyl (C=O) groups excluding carboxylic acids is 2. The van der Waals surface area contributed by atoms with Crippen LogP contribution in [0.1, 0.15) is 36.3 Å². The number of anilines is 1. The Kier molecular flexibility index (Phi) is 7.60. The van der Waals surface area contributed by atoms with Gasteiger partial charge in [-0.3, -0.25) is 9.59 Å². The summed E-state index contributed by atoms with van der Waals surface area (Å²) in [6, 6.07) is 12.6. The van der Waals surface area contributed by atoms with E-state index in [1.165, 1.54) is 30.3 Å². The van der Waals surface area contributed by atoms with Gasteiger partial charge in [0.25, 0.3) is 5.91 Å². The second-order valence-electron chi connectivity index (χ2n) is 7.57. The van der Waals surface area contributed by atoms with Crippen LogP contribution in [0.5, 0.6) is 5.75 Å². The van der Waals surface area contributed by atoms with E-state index >= 15 is 0 Å². The molecule has 10 heteroatoms. The molecule has 34 heavy (non-hydrogen) atoms. The first-order valence-electron chi connectivity index (χ1n) is 10.6. The second-order valence-corrected chi connectivity index (χ2v) is 7.57. The lowest BCUT2D eigenvalue weighted by Crippen LogP contribution is -2.46. The highest BCUT2D eigenvalue weighted by Gasteiger charge is 2.32. The van der Waals surface area contributed by atoms with Crippen molar-refractivity contribution in [3.63, 3.8) is 0 Å². The zero-order valence-electron chi connectivity index (χ0n) is 19.0. The number of carbonyl (C=O) groups is 2. The Morgan fingerprint density at radius 1 is 1.15 bits per heavy atom. The number of benzene rings is 2. The lowest BCUT2D eigenvalue weighted by Gasteiger charge is -2.27. The van der Waals surface area contributed by atoms with Gasteiger partial charge < -0.3 is 15.0 Å². The van der Waals surface area contributed by atoms with Crippen LogP contribution in [0.15, 0.2) is 60.8 Å². The van der Waals surface area contributed by atoms with E-state index in [1.54, 1.807) is 31.2 Å². The van der Waals surface area contributed by atoms with E-state index in [2.05, 4.69) is 10.4 Å². The molecule has 0 saturated carbocycles. The molecule has 3 aromatic rings. The number of halogens is 3. The van der Waals surface area contributed by atoms with E-state index in [9.17, 15) is 22.8 Å². The third kappa shape index (κ3) is 5.56. The Bertz CT molecular complexity index is 1150. The molecule has 0 spiro atoms. The summed E-state index contributed by atoms with van der Waals surface area (Å²) in [6.07, 6.45) is -2.61. The van der Waals surface area contributed by atoms with Crippen molar-refractivity contribution in [2.45, 2.75) is 32.5 Å². The van der Waals surface area contributed by atoms with Crippen molar-refractivity contribution in [3.8, 4) is 11.4 Å². The largest absolute Gasteiger partial charge is 0.493 e. The standard InChI is InChI=1S/C24H25F3N4O3/c1-4-13-30(16(2)22(32)28-18-10-6-5-7-11-18)23(33)21-20(34-3)15-31(29-21)19-12-8-9-17(14-19)24(25,26)27/h5-12,14-16H,4,13H2,1-3H3,(H,28,32). The predicted molar refractivity (Wildman–Crippen MR) is 121 cm³/mol. The van der Waals surface area contributed by atoms with Gasteiger partial charge in [-0.2, -0.15) is 18.3 Å². The first-order valence-corrected chi connectivity index (χ1v) is 10.6. The predicted octanol–water partition coefficient (Wildman–Crippen LogP) is 4.78. The highest BCUT2D eigenvalue weighted by Crippen LogP contribution is 2.31. The fourth-order valence-corrected chi connectivity index (χ4v) is 3.37. The van der Waals surface area contributed by atoms with Crippen LogP contribution in [-0.4, -0.2) is 46.2 Å². The van der Waals surface area contributed by atoms with E-state index in [-0.39, 0.29) is 29.6 Å². The molecule has 0 aliphatic rings. The Balaban J connectivity index is 1.90. The van der Waals surface area contributed by atoms with Crippen molar-refractivity contribution < 1.29 is 27.5 Å². The fraction of sp³-hybridized carbons (Fsp3) is 0.292. The zero-order chi connectivity index (χ0) is 24.9. The van der Waals surface area contributed by atoms with Gasteiger partial charge in [0.1, 0.15) is 6.04 Å². The number of alkyl halides is 3. The molecular weight excluding hydrogens is 449 g/mol. The van der Waals surface area contributed by atoms with E-state index < -0.39 is 23.7 Å². The summed E-state index contributed by atoms with van der Waals surface area (Å²) in [5.74, 6) is -0.872. The van der Waals surface area contributed by atoms with Crippen LogP contribution in [0, 0.1) is 0 Å². The van der Waals surface area contributed by atoms with E-state index in [0.29, 0.717) is 12.1 Å². The number of rotatable bonds is 8. The van der Waals surface area contributed by atoms with Crippen molar-refractivity contribution in [1.29, 1.82) is 0 Å². The Morgan fingerprint density at radius 2 is 1.85 bits per heavy atom. The molecule has 0 aliphatic carbocycles. The minimum absolute atomic E-state index is 0.0826. The molecule has 180 valence electrons. The second kappa shape index (κ2) is 10.4. The minimum atomic E-state index is -4.52. The molecule has 2 aromatic carbocycles. The number of aromatic nitrogens is 2. The molecule has 0 radical (unpaired) electrons. The lowest BCUT2D eigenvalue weighted by molar-refractivity contribution is -0.137. The number of nitrogens with one attached hydrogen (secondary N) is 1. The van der Waals surface area contributed by atoms with Gasteiger partial charge in [0, 0.05) is 12.2 Å². The molecule has 0 saturated heterocycles. The summed E-state index contributed by atoms with van der Waals surface area (Å²) in [5, 5.41) is 6.98. The maximum Gasteiger partial charge on any atom is 0.416 e. The van der Waals surface area contributed by atoms with E-state index in [0.717, 1.165) is 16.8 Å². The molecule has 3 rings (SSSR count). The van der Waals surface area contributed by atoms with Crippen molar-refractivity contribution >= 4 is 17.5 Å². The van der Waals surface area contributed by atoms with Crippen molar-refractivity contribution in [2.24, 2.45) is 0 Å². The molecule has 0 bridgehead atoms. The average molecular weight is 474 g/mol. The van der Waals surface area contributed by atoms with Crippen molar-refractivity contribution in [3.05, 3.63) is 72.1 Å². The number of hydrogen-bond donors (Lipinski definition) is 1. The Hall–Kier alpha value is -3.82. The number of nitrogens with zero attached hydrogens (tertiary/aromatic N) is 3. The van der Waals surface area contributed by atoms with Crippen LogP contribution in [0.25, 0.3) is 5.69 Å². The van der Waals surface area contributed by atoms with Gasteiger partial charge in [-0.1, -0.05) is 31.2 Å². The van der Waals surface area contributed by atoms with Gasteiger partial charge in [-0.15, -0.1) is 0 Å². The molecule has 1 unspecified atom stereocenters. The molecule has 7 nitrogen and oxygen atoms in total. The van der Waals surface area contributed by atoms with Gasteiger partial charge >= 0.3 is 6.18 Å². The number of para-hydroxylation sites is 1. The SMILES string of the molecule is CCCN(C(=O)c1nn(-c2cccc(C(F)(F)F)c2)cc1OC)C(C)C(=O)Nc1ccccc1. The van der Waals surface area contributed by atoms with E-state index in [1.807, 2.05) is 13.0 Å². The topological polar surface area (TPSA) is 76.5 Å². The fourth-order valence-electron chi connectivity index (χ4n) is 3.37. The van der Waals surface area contributed by atoms with Gasteiger partial charge in [-0.25, -0.2) is 4.68 Å². The first-order chi connectivity index (χ1) is 16.2. The van der Waals surface area contributed by atoms with Crippen LogP contribution >= 0.6 is 0 Å². The maximum absolute atomic E-state index is 13.4. The van der Waals surface area contributed by atoms with Gasteiger partial charge in [0.15, 0.2) is 11.4 Å². The summed E-state index contributed by atoms with van der Waals surface area (Å²) >= 11 is 0. The quantitative estimate of drug-likeness (QED) is 0.510. The monoisotopic (exact) mass is 474 g/mol. The number of hydrogen-bond acceptors (Lipinski definition) is 4.